The molecule has 0 radical (unpaired) electrons. The van der Waals surface area contributed by atoms with Gasteiger partial charge in [-0.15, -0.1) is 0 Å². The van der Waals surface area contributed by atoms with Crippen molar-refractivity contribution in [2.24, 2.45) is 0 Å². The molecule has 1 aromatic heterocycles. The molecule has 0 N–H and O–H groups in total. The third-order valence-electron chi connectivity index (χ3n) is 14.8. The minimum absolute atomic E-state index is 0.490. The first-order valence-electron chi connectivity index (χ1n) is 23.9. The molecule has 2 heteroatoms. The Bertz CT molecular complexity index is 3860. The van der Waals surface area contributed by atoms with E-state index >= 15 is 0 Å². The Morgan fingerprint density at radius 2 is 0.696 bits per heavy atom. The highest BCUT2D eigenvalue weighted by molar-refractivity contribution is 6.10. The lowest BCUT2D eigenvalue weighted by Crippen LogP contribution is -2.26. The normalized spacial score (nSPS) is 12.8. The van der Waals surface area contributed by atoms with Gasteiger partial charge in [0.25, 0.3) is 0 Å². The van der Waals surface area contributed by atoms with Crippen molar-refractivity contribution in [1.29, 1.82) is 0 Å². The number of nitrogens with zero attached hydrogens (tertiary/aromatic N) is 2. The topological polar surface area (TPSA) is 8.17 Å². The number of benzene rings is 11. The number of para-hydroxylation sites is 2. The predicted molar refractivity (Wildman–Crippen MR) is 288 cm³/mol. The first kappa shape index (κ1) is 39.2. The van der Waals surface area contributed by atoms with Gasteiger partial charge in [-0.3, -0.25) is 0 Å². The van der Waals surface area contributed by atoms with Crippen molar-refractivity contribution in [1.82, 2.24) is 4.57 Å². The van der Waals surface area contributed by atoms with Crippen LogP contribution in [0.3, 0.4) is 0 Å². The minimum atomic E-state index is -0.490. The molecular weight excluding hydrogens is 833 g/mol. The molecule has 0 aliphatic heterocycles. The largest absolute Gasteiger partial charge is 0.309 e. The van der Waals surface area contributed by atoms with E-state index in [1.807, 2.05) is 0 Å². The maximum atomic E-state index is 2.56. The van der Waals surface area contributed by atoms with E-state index < -0.39 is 5.41 Å². The summed E-state index contributed by atoms with van der Waals surface area (Å²) in [6.45, 7) is 0. The summed E-state index contributed by atoms with van der Waals surface area (Å²) < 4.78 is 2.41. The van der Waals surface area contributed by atoms with Crippen molar-refractivity contribution in [3.8, 4) is 61.3 Å². The van der Waals surface area contributed by atoms with Gasteiger partial charge in [0.15, 0.2) is 0 Å². The highest BCUT2D eigenvalue weighted by Gasteiger charge is 2.52. The molecule has 14 rings (SSSR count). The first-order chi connectivity index (χ1) is 34.3. The molecule has 0 amide bonds. The maximum Gasteiger partial charge on any atom is 0.0726 e. The van der Waals surface area contributed by atoms with Crippen molar-refractivity contribution in [2.45, 2.75) is 5.41 Å². The molecule has 0 atom stereocenters. The monoisotopic (exact) mass is 876 g/mol. The van der Waals surface area contributed by atoms with Crippen LogP contribution in [0.25, 0.3) is 83.1 Å². The Kier molecular flexibility index (Phi) is 8.84. The van der Waals surface area contributed by atoms with Crippen LogP contribution in [0.2, 0.25) is 0 Å². The molecule has 11 aromatic carbocycles. The Hall–Kier alpha value is -8.98. The van der Waals surface area contributed by atoms with E-state index in [9.17, 15) is 0 Å². The van der Waals surface area contributed by atoms with Gasteiger partial charge in [-0.1, -0.05) is 218 Å². The molecule has 0 saturated carbocycles. The number of hydrogen-bond acceptors (Lipinski definition) is 1. The molecule has 0 saturated heterocycles. The van der Waals surface area contributed by atoms with E-state index in [1.165, 1.54) is 99.7 Å². The lowest BCUT2D eigenvalue weighted by Gasteiger charge is -2.33. The molecule has 2 aliphatic rings. The van der Waals surface area contributed by atoms with E-state index in [2.05, 4.69) is 276 Å². The first-order valence-corrected chi connectivity index (χ1v) is 23.9. The van der Waals surface area contributed by atoms with Gasteiger partial charge >= 0.3 is 0 Å². The molecule has 0 fully saturated rings. The lowest BCUT2D eigenvalue weighted by atomic mass is 9.70. The summed E-state index contributed by atoms with van der Waals surface area (Å²) in [5, 5.41) is 2.50. The van der Waals surface area contributed by atoms with Crippen LogP contribution in [-0.2, 0) is 5.41 Å². The van der Waals surface area contributed by atoms with Gasteiger partial charge in [0, 0.05) is 33.3 Å². The fourth-order valence-corrected chi connectivity index (χ4v) is 12.1. The molecule has 0 bridgehead atoms. The van der Waals surface area contributed by atoms with Crippen LogP contribution < -0.4 is 4.90 Å². The average molecular weight is 877 g/mol. The third-order valence-corrected chi connectivity index (χ3v) is 14.8. The summed E-state index contributed by atoms with van der Waals surface area (Å²) in [5.41, 5.74) is 23.8. The van der Waals surface area contributed by atoms with Crippen LogP contribution in [-0.4, -0.2) is 4.57 Å². The van der Waals surface area contributed by atoms with E-state index in [4.69, 9.17) is 0 Å². The summed E-state index contributed by atoms with van der Waals surface area (Å²) in [7, 11) is 0. The highest BCUT2D eigenvalue weighted by atomic mass is 15.1. The zero-order chi connectivity index (χ0) is 45.5. The van der Waals surface area contributed by atoms with Gasteiger partial charge in [0.05, 0.1) is 27.8 Å². The molecule has 322 valence electrons. The van der Waals surface area contributed by atoms with Gasteiger partial charge in [-0.25, -0.2) is 0 Å². The van der Waals surface area contributed by atoms with Gasteiger partial charge in [-0.2, -0.15) is 0 Å². The van der Waals surface area contributed by atoms with E-state index in [1.54, 1.807) is 0 Å². The molecule has 0 unspecified atom stereocenters. The molecular formula is C67H44N2. The van der Waals surface area contributed by atoms with Crippen molar-refractivity contribution < 1.29 is 0 Å². The Balaban J connectivity index is 1.08. The Labute approximate surface area is 402 Å². The van der Waals surface area contributed by atoms with Crippen molar-refractivity contribution >= 4 is 38.9 Å². The second-order valence-electron chi connectivity index (χ2n) is 18.3. The standard InChI is InChI=1S/C67H44N2/c1-3-21-45(22-4-1)49-25-7-8-30-55(49)65-50(46-23-5-2-6-24-46)32-19-39-63(65)69(48-43-41-47(42-44-48)68-61-37-17-12-28-53(61)54-29-13-18-38-62(54)68)64-40-20-36-60-66(64)56-31-11-16-35-59(56)67(60)57-33-14-9-26-51(57)52-27-10-15-34-58(52)67/h1-44H. The fourth-order valence-electron chi connectivity index (χ4n) is 12.1. The van der Waals surface area contributed by atoms with Crippen LogP contribution in [0.15, 0.2) is 267 Å². The quantitative estimate of drug-likeness (QED) is 0.155. The van der Waals surface area contributed by atoms with Crippen molar-refractivity contribution in [3.63, 3.8) is 0 Å². The third kappa shape index (κ3) is 5.73. The number of rotatable bonds is 7. The smallest absolute Gasteiger partial charge is 0.0726 e. The SMILES string of the molecule is c1ccc(-c2ccccc2-c2c(-c3ccccc3)cccc2N(c2ccc(-n3c4ccccc4c4ccccc43)cc2)c2cccc3c2-c2ccccc2C32c3ccccc3-c3ccccc32)cc1. The second-order valence-corrected chi connectivity index (χ2v) is 18.3. The maximum absolute atomic E-state index is 2.56. The van der Waals surface area contributed by atoms with Crippen LogP contribution in [0, 0.1) is 0 Å². The minimum Gasteiger partial charge on any atom is -0.309 e. The van der Waals surface area contributed by atoms with Crippen LogP contribution in [0.4, 0.5) is 17.1 Å². The van der Waals surface area contributed by atoms with Crippen molar-refractivity contribution in [2.75, 3.05) is 4.90 Å². The molecule has 12 aromatic rings. The summed E-state index contributed by atoms with van der Waals surface area (Å²) in [6, 6.07) is 98.7. The van der Waals surface area contributed by atoms with E-state index in [0.717, 1.165) is 22.7 Å². The highest BCUT2D eigenvalue weighted by Crippen LogP contribution is 2.65. The molecule has 1 spiro atoms. The zero-order valence-electron chi connectivity index (χ0n) is 37.8. The number of aromatic nitrogens is 1. The van der Waals surface area contributed by atoms with Gasteiger partial charge in [0.1, 0.15) is 0 Å². The zero-order valence-corrected chi connectivity index (χ0v) is 37.8. The predicted octanol–water partition coefficient (Wildman–Crippen LogP) is 17.6. The van der Waals surface area contributed by atoms with Crippen LogP contribution in [0.1, 0.15) is 22.3 Å². The Morgan fingerprint density at radius 3 is 1.30 bits per heavy atom. The lowest BCUT2D eigenvalue weighted by molar-refractivity contribution is 0.794. The second kappa shape index (κ2) is 15.6. The number of fused-ring (bicyclic) bond motifs is 13. The van der Waals surface area contributed by atoms with Gasteiger partial charge < -0.3 is 9.47 Å². The average Bonchev–Trinajstić information content (AvgIpc) is 4.04. The fraction of sp³-hybridized carbons (Fsp3) is 0.0149. The summed E-state index contributed by atoms with van der Waals surface area (Å²) in [4.78, 5) is 2.56. The van der Waals surface area contributed by atoms with Crippen LogP contribution >= 0.6 is 0 Å². The van der Waals surface area contributed by atoms with Crippen molar-refractivity contribution in [3.05, 3.63) is 289 Å². The van der Waals surface area contributed by atoms with E-state index in [0.29, 0.717) is 0 Å². The molecule has 1 heterocycles. The molecule has 2 aliphatic carbocycles. The Morgan fingerprint density at radius 1 is 0.275 bits per heavy atom. The molecule has 2 nitrogen and oxygen atoms in total. The number of hydrogen-bond donors (Lipinski definition) is 0. The molecule has 69 heavy (non-hydrogen) atoms. The summed E-state index contributed by atoms with van der Waals surface area (Å²) >= 11 is 0. The number of anilines is 3. The van der Waals surface area contributed by atoms with E-state index in [-0.39, 0.29) is 0 Å². The summed E-state index contributed by atoms with van der Waals surface area (Å²) in [5.74, 6) is 0. The summed E-state index contributed by atoms with van der Waals surface area (Å²) in [6.07, 6.45) is 0. The van der Waals surface area contributed by atoms with Gasteiger partial charge in [0.2, 0.25) is 0 Å². The van der Waals surface area contributed by atoms with Gasteiger partial charge in [-0.05, 0) is 115 Å². The van der Waals surface area contributed by atoms with Crippen LogP contribution in [0.5, 0.6) is 0 Å².